The summed E-state index contributed by atoms with van der Waals surface area (Å²) in [6, 6.07) is 11.2. The SMILES string of the molecule is CN(C)S(=O)(=O)c1cccc(S(=O)(=O)NCc2ccc3c(c2)CNC3)c1. The number of fused-ring (bicyclic) bond motifs is 1. The van der Waals surface area contributed by atoms with Crippen LogP contribution in [-0.2, 0) is 39.7 Å². The Bertz CT molecular complexity index is 1030. The van der Waals surface area contributed by atoms with Gasteiger partial charge in [0.05, 0.1) is 9.79 Å². The third kappa shape index (κ3) is 3.81. The van der Waals surface area contributed by atoms with E-state index in [0.717, 1.165) is 23.0 Å². The van der Waals surface area contributed by atoms with Crippen LogP contribution in [0.4, 0.5) is 0 Å². The lowest BCUT2D eigenvalue weighted by Gasteiger charge is -2.13. The van der Waals surface area contributed by atoms with Crippen LogP contribution in [0.3, 0.4) is 0 Å². The summed E-state index contributed by atoms with van der Waals surface area (Å²) >= 11 is 0. The first-order chi connectivity index (χ1) is 12.2. The fourth-order valence-electron chi connectivity index (χ4n) is 2.73. The van der Waals surface area contributed by atoms with E-state index in [1.165, 1.54) is 49.5 Å². The van der Waals surface area contributed by atoms with Crippen LogP contribution in [-0.4, -0.2) is 35.2 Å². The Balaban J connectivity index is 1.80. The zero-order valence-corrected chi connectivity index (χ0v) is 16.2. The van der Waals surface area contributed by atoms with Crippen molar-refractivity contribution in [3.8, 4) is 0 Å². The maximum Gasteiger partial charge on any atom is 0.242 e. The monoisotopic (exact) mass is 395 g/mol. The average Bonchev–Trinajstić information content (AvgIpc) is 3.08. The molecule has 1 aliphatic heterocycles. The highest BCUT2D eigenvalue weighted by Gasteiger charge is 2.21. The molecule has 0 aliphatic carbocycles. The second-order valence-corrected chi connectivity index (χ2v) is 10.2. The number of nitrogens with zero attached hydrogens (tertiary/aromatic N) is 1. The van der Waals surface area contributed by atoms with Crippen LogP contribution in [0.25, 0.3) is 0 Å². The molecule has 1 aliphatic rings. The third-order valence-electron chi connectivity index (χ3n) is 4.26. The minimum atomic E-state index is -3.83. The van der Waals surface area contributed by atoms with Gasteiger partial charge >= 0.3 is 0 Å². The first-order valence-corrected chi connectivity index (χ1v) is 11.0. The highest BCUT2D eigenvalue weighted by molar-refractivity contribution is 7.90. The number of benzene rings is 2. The third-order valence-corrected chi connectivity index (χ3v) is 7.47. The van der Waals surface area contributed by atoms with E-state index in [2.05, 4.69) is 10.0 Å². The van der Waals surface area contributed by atoms with Crippen LogP contribution in [0.15, 0.2) is 52.3 Å². The molecule has 1 heterocycles. The van der Waals surface area contributed by atoms with Crippen molar-refractivity contribution < 1.29 is 16.8 Å². The molecule has 9 heteroatoms. The lowest BCUT2D eigenvalue weighted by Crippen LogP contribution is -2.25. The molecule has 0 bridgehead atoms. The van der Waals surface area contributed by atoms with E-state index in [0.29, 0.717) is 0 Å². The highest BCUT2D eigenvalue weighted by Crippen LogP contribution is 2.20. The summed E-state index contributed by atoms with van der Waals surface area (Å²) in [5, 5.41) is 3.24. The highest BCUT2D eigenvalue weighted by atomic mass is 32.2. The van der Waals surface area contributed by atoms with Crippen LogP contribution >= 0.6 is 0 Å². The van der Waals surface area contributed by atoms with Gasteiger partial charge in [-0.2, -0.15) is 0 Å². The molecule has 140 valence electrons. The van der Waals surface area contributed by atoms with Crippen LogP contribution in [0.2, 0.25) is 0 Å². The Labute approximate surface area is 154 Å². The lowest BCUT2D eigenvalue weighted by molar-refractivity contribution is 0.520. The first kappa shape index (κ1) is 19.0. The van der Waals surface area contributed by atoms with Gasteiger partial charge in [-0.25, -0.2) is 25.9 Å². The molecule has 2 aromatic carbocycles. The van der Waals surface area contributed by atoms with Crippen LogP contribution in [0.1, 0.15) is 16.7 Å². The van der Waals surface area contributed by atoms with Crippen molar-refractivity contribution in [3.63, 3.8) is 0 Å². The van der Waals surface area contributed by atoms with Crippen molar-refractivity contribution >= 4 is 20.0 Å². The molecule has 0 saturated heterocycles. The fourth-order valence-corrected chi connectivity index (χ4v) is 4.82. The normalized spacial score (nSPS) is 14.6. The van der Waals surface area contributed by atoms with E-state index in [4.69, 9.17) is 0 Å². The van der Waals surface area contributed by atoms with Gasteiger partial charge in [0.15, 0.2) is 0 Å². The topological polar surface area (TPSA) is 95.6 Å². The van der Waals surface area contributed by atoms with Gasteiger partial charge in [0.2, 0.25) is 20.0 Å². The molecule has 0 amide bonds. The molecule has 2 aromatic rings. The molecule has 0 saturated carbocycles. The fraction of sp³-hybridized carbons (Fsp3) is 0.294. The number of hydrogen-bond acceptors (Lipinski definition) is 5. The Kier molecular flexibility index (Phi) is 5.18. The van der Waals surface area contributed by atoms with E-state index < -0.39 is 20.0 Å². The van der Waals surface area contributed by atoms with Crippen molar-refractivity contribution in [3.05, 3.63) is 59.2 Å². The molecular formula is C17H21N3O4S2. The maximum atomic E-state index is 12.6. The largest absolute Gasteiger partial charge is 0.309 e. The summed E-state index contributed by atoms with van der Waals surface area (Å²) in [7, 11) is -4.73. The smallest absolute Gasteiger partial charge is 0.242 e. The van der Waals surface area contributed by atoms with Gasteiger partial charge in [-0.15, -0.1) is 0 Å². The second-order valence-electron chi connectivity index (χ2n) is 6.29. The lowest BCUT2D eigenvalue weighted by atomic mass is 10.1. The molecule has 0 spiro atoms. The molecule has 0 fully saturated rings. The van der Waals surface area contributed by atoms with E-state index >= 15 is 0 Å². The Hall–Kier alpha value is -1.78. The van der Waals surface area contributed by atoms with Crippen molar-refractivity contribution in [2.75, 3.05) is 14.1 Å². The van der Waals surface area contributed by atoms with Gasteiger partial charge in [-0.3, -0.25) is 0 Å². The summed E-state index contributed by atoms with van der Waals surface area (Å²) in [4.78, 5) is -0.141. The average molecular weight is 396 g/mol. The van der Waals surface area contributed by atoms with Crippen molar-refractivity contribution in [2.45, 2.75) is 29.4 Å². The zero-order valence-electron chi connectivity index (χ0n) is 14.6. The number of rotatable bonds is 6. The quantitative estimate of drug-likeness (QED) is 0.761. The predicted molar refractivity (Wildman–Crippen MR) is 98.3 cm³/mol. The molecule has 0 unspecified atom stereocenters. The maximum absolute atomic E-state index is 12.6. The number of nitrogens with one attached hydrogen (secondary N) is 2. The molecule has 0 atom stereocenters. The second kappa shape index (κ2) is 7.09. The molecule has 26 heavy (non-hydrogen) atoms. The summed E-state index contributed by atoms with van der Waals surface area (Å²) in [6.07, 6.45) is 0. The molecular weight excluding hydrogens is 374 g/mol. The number of sulfonamides is 2. The van der Waals surface area contributed by atoms with Crippen LogP contribution in [0, 0.1) is 0 Å². The summed E-state index contributed by atoms with van der Waals surface area (Å²) < 4.78 is 53.1. The minimum absolute atomic E-state index is 0.0611. The van der Waals surface area contributed by atoms with Gasteiger partial charge in [0, 0.05) is 33.7 Å². The van der Waals surface area contributed by atoms with Gasteiger partial charge in [-0.1, -0.05) is 24.3 Å². The van der Waals surface area contributed by atoms with E-state index in [1.54, 1.807) is 0 Å². The summed E-state index contributed by atoms with van der Waals surface area (Å²) in [5.74, 6) is 0. The van der Waals surface area contributed by atoms with Crippen LogP contribution in [0.5, 0.6) is 0 Å². The van der Waals surface area contributed by atoms with E-state index in [1.807, 2.05) is 18.2 Å². The molecule has 0 aromatic heterocycles. The molecule has 3 rings (SSSR count). The van der Waals surface area contributed by atoms with Crippen LogP contribution < -0.4 is 10.0 Å². The van der Waals surface area contributed by atoms with Gasteiger partial charge < -0.3 is 5.32 Å². The predicted octanol–water partition coefficient (Wildman–Crippen LogP) is 1.02. The van der Waals surface area contributed by atoms with E-state index in [9.17, 15) is 16.8 Å². The zero-order chi connectivity index (χ0) is 18.9. The van der Waals surface area contributed by atoms with Crippen molar-refractivity contribution in [1.29, 1.82) is 0 Å². The molecule has 2 N–H and O–H groups in total. The van der Waals surface area contributed by atoms with Gasteiger partial charge in [0.1, 0.15) is 0 Å². The van der Waals surface area contributed by atoms with E-state index in [-0.39, 0.29) is 16.3 Å². The summed E-state index contributed by atoms with van der Waals surface area (Å²) in [5.41, 5.74) is 3.24. The Morgan fingerprint density at radius 2 is 1.65 bits per heavy atom. The standard InChI is InChI=1S/C17H21N3O4S2/c1-20(2)26(23,24)17-5-3-4-16(9-17)25(21,22)19-10-13-6-7-14-11-18-12-15(14)8-13/h3-9,18-19H,10-12H2,1-2H3. The van der Waals surface area contributed by atoms with Crippen molar-refractivity contribution in [2.24, 2.45) is 0 Å². The summed E-state index contributed by atoms with van der Waals surface area (Å²) in [6.45, 7) is 1.75. The van der Waals surface area contributed by atoms with Crippen molar-refractivity contribution in [1.82, 2.24) is 14.3 Å². The van der Waals surface area contributed by atoms with Gasteiger partial charge in [-0.05, 0) is 34.9 Å². The van der Waals surface area contributed by atoms with Gasteiger partial charge in [0.25, 0.3) is 0 Å². The first-order valence-electron chi connectivity index (χ1n) is 8.04. The molecule has 7 nitrogen and oxygen atoms in total. The number of hydrogen-bond donors (Lipinski definition) is 2. The Morgan fingerprint density at radius 1 is 0.962 bits per heavy atom. The molecule has 0 radical (unpaired) electrons. The minimum Gasteiger partial charge on any atom is -0.309 e. The Morgan fingerprint density at radius 3 is 2.38 bits per heavy atom.